The van der Waals surface area contributed by atoms with Gasteiger partial charge in [0.2, 0.25) is 0 Å². The highest BCUT2D eigenvalue weighted by molar-refractivity contribution is 7.90. The largest absolute Gasteiger partial charge is 0.496 e. The molecule has 0 aliphatic carbocycles. The van der Waals surface area contributed by atoms with Gasteiger partial charge in [-0.25, -0.2) is 8.42 Å². The fourth-order valence-electron chi connectivity index (χ4n) is 2.34. The number of carbonyl (C=O) groups is 1. The minimum absolute atomic E-state index is 0.135. The molecule has 2 aromatic carbocycles. The fourth-order valence-corrected chi connectivity index (χ4v) is 2.98. The molecule has 0 heterocycles. The number of methoxy groups -OCH3 is 1. The molecule has 2 N–H and O–H groups in total. The van der Waals surface area contributed by atoms with Crippen LogP contribution in [0.5, 0.6) is 5.75 Å². The van der Waals surface area contributed by atoms with Crippen LogP contribution in [0.3, 0.4) is 0 Å². The highest BCUT2D eigenvalue weighted by atomic mass is 32.2. The molecule has 0 unspecified atom stereocenters. The number of para-hydroxylation sites is 1. The van der Waals surface area contributed by atoms with Gasteiger partial charge in [-0.3, -0.25) is 14.9 Å². The number of anilines is 1. The third kappa shape index (κ3) is 5.17. The maximum Gasteiger partial charge on any atom is 0.293 e. The second kappa shape index (κ2) is 8.49. The number of hydrogen-bond donors (Lipinski definition) is 2. The Labute approximate surface area is 156 Å². The zero-order valence-electron chi connectivity index (χ0n) is 14.8. The number of nitro benzene ring substituents is 1. The predicted octanol–water partition coefficient (Wildman–Crippen LogP) is 1.85. The number of nitro groups is 1. The molecular formula is C17H19N3O6S. The summed E-state index contributed by atoms with van der Waals surface area (Å²) in [5, 5.41) is 16.7. The van der Waals surface area contributed by atoms with Gasteiger partial charge in [-0.15, -0.1) is 0 Å². The van der Waals surface area contributed by atoms with Crippen LogP contribution < -0.4 is 15.4 Å². The minimum Gasteiger partial charge on any atom is -0.496 e. The van der Waals surface area contributed by atoms with Gasteiger partial charge in [-0.2, -0.15) is 0 Å². The molecule has 0 fully saturated rings. The van der Waals surface area contributed by atoms with Crippen molar-refractivity contribution in [2.45, 2.75) is 4.90 Å². The molecule has 0 spiro atoms. The number of benzene rings is 2. The lowest BCUT2D eigenvalue weighted by molar-refractivity contribution is -0.384. The molecule has 144 valence electrons. The fraction of sp³-hybridized carbons (Fsp3) is 0.235. The number of carbonyl (C=O) groups excluding carboxylic acids is 1. The Hall–Kier alpha value is -3.14. The van der Waals surface area contributed by atoms with Crippen LogP contribution in [0.15, 0.2) is 47.4 Å². The average Bonchev–Trinajstić information content (AvgIpc) is 2.64. The van der Waals surface area contributed by atoms with Crippen molar-refractivity contribution in [2.24, 2.45) is 0 Å². The van der Waals surface area contributed by atoms with E-state index < -0.39 is 14.8 Å². The molecule has 2 rings (SSSR count). The van der Waals surface area contributed by atoms with E-state index in [4.69, 9.17) is 4.74 Å². The van der Waals surface area contributed by atoms with Crippen LogP contribution in [0.1, 0.15) is 10.4 Å². The molecule has 1 amide bonds. The summed E-state index contributed by atoms with van der Waals surface area (Å²) < 4.78 is 28.2. The average molecular weight is 393 g/mol. The van der Waals surface area contributed by atoms with E-state index in [-0.39, 0.29) is 35.3 Å². The normalized spacial score (nSPS) is 10.9. The van der Waals surface area contributed by atoms with Gasteiger partial charge in [0.05, 0.1) is 22.5 Å². The van der Waals surface area contributed by atoms with Crippen LogP contribution in [0.25, 0.3) is 0 Å². The first-order chi connectivity index (χ1) is 12.7. The van der Waals surface area contributed by atoms with E-state index in [0.29, 0.717) is 11.3 Å². The lowest BCUT2D eigenvalue weighted by Crippen LogP contribution is -2.29. The van der Waals surface area contributed by atoms with Gasteiger partial charge in [-0.05, 0) is 24.3 Å². The lowest BCUT2D eigenvalue weighted by atomic mass is 10.2. The summed E-state index contributed by atoms with van der Waals surface area (Å²) in [7, 11) is -2.09. The Balaban J connectivity index is 2.01. The third-order valence-electron chi connectivity index (χ3n) is 3.67. The smallest absolute Gasteiger partial charge is 0.293 e. The molecule has 0 radical (unpaired) electrons. The van der Waals surface area contributed by atoms with E-state index in [1.165, 1.54) is 19.2 Å². The van der Waals surface area contributed by atoms with E-state index in [1.54, 1.807) is 24.3 Å². The van der Waals surface area contributed by atoms with Gasteiger partial charge in [-0.1, -0.05) is 12.1 Å². The Morgan fingerprint density at radius 3 is 2.52 bits per heavy atom. The summed E-state index contributed by atoms with van der Waals surface area (Å²) >= 11 is 0. The van der Waals surface area contributed by atoms with Gasteiger partial charge in [0.25, 0.3) is 11.6 Å². The monoisotopic (exact) mass is 393 g/mol. The van der Waals surface area contributed by atoms with Crippen molar-refractivity contribution in [3.63, 3.8) is 0 Å². The lowest BCUT2D eigenvalue weighted by Gasteiger charge is -2.11. The van der Waals surface area contributed by atoms with E-state index in [0.717, 1.165) is 12.3 Å². The molecule has 0 atom stereocenters. The molecule has 0 saturated heterocycles. The van der Waals surface area contributed by atoms with Crippen LogP contribution >= 0.6 is 0 Å². The summed E-state index contributed by atoms with van der Waals surface area (Å²) in [5.74, 6) is 0.103. The standard InChI is InChI=1S/C17H19N3O6S/c1-26-16-6-4-3-5-13(16)17(21)19-10-9-18-14-8-7-12(27(2,24)25)11-15(14)20(22)23/h3-8,11,18H,9-10H2,1-2H3,(H,19,21). The maximum absolute atomic E-state index is 12.2. The van der Waals surface area contributed by atoms with Gasteiger partial charge < -0.3 is 15.4 Å². The molecule has 9 nitrogen and oxygen atoms in total. The zero-order valence-corrected chi connectivity index (χ0v) is 15.6. The maximum atomic E-state index is 12.2. The molecule has 0 bridgehead atoms. The van der Waals surface area contributed by atoms with Crippen molar-refractivity contribution in [2.75, 3.05) is 31.8 Å². The van der Waals surface area contributed by atoms with Crippen molar-refractivity contribution in [3.8, 4) is 5.75 Å². The summed E-state index contributed by atoms with van der Waals surface area (Å²) in [6.45, 7) is 0.405. The molecule has 0 aliphatic rings. The number of nitrogens with one attached hydrogen (secondary N) is 2. The van der Waals surface area contributed by atoms with Crippen molar-refractivity contribution < 1.29 is 22.9 Å². The number of sulfone groups is 1. The molecule has 27 heavy (non-hydrogen) atoms. The van der Waals surface area contributed by atoms with Crippen LogP contribution in [-0.4, -0.2) is 45.7 Å². The van der Waals surface area contributed by atoms with Crippen LogP contribution in [0.4, 0.5) is 11.4 Å². The molecular weight excluding hydrogens is 374 g/mol. The van der Waals surface area contributed by atoms with Gasteiger partial charge in [0, 0.05) is 25.4 Å². The third-order valence-corrected chi connectivity index (χ3v) is 4.78. The van der Waals surface area contributed by atoms with Gasteiger partial charge >= 0.3 is 0 Å². The topological polar surface area (TPSA) is 128 Å². The molecule has 10 heteroatoms. The number of hydrogen-bond acceptors (Lipinski definition) is 7. The summed E-state index contributed by atoms with van der Waals surface area (Å²) in [4.78, 5) is 22.6. The first-order valence-electron chi connectivity index (χ1n) is 7.87. The number of rotatable bonds is 8. The van der Waals surface area contributed by atoms with Crippen LogP contribution in [0, 0.1) is 10.1 Å². The highest BCUT2D eigenvalue weighted by Gasteiger charge is 2.18. The van der Waals surface area contributed by atoms with Crippen LogP contribution in [0.2, 0.25) is 0 Å². The van der Waals surface area contributed by atoms with E-state index in [9.17, 15) is 23.3 Å². The minimum atomic E-state index is -3.55. The van der Waals surface area contributed by atoms with Gasteiger partial charge in [0.1, 0.15) is 11.4 Å². The second-order valence-corrected chi connectivity index (χ2v) is 7.61. The summed E-state index contributed by atoms with van der Waals surface area (Å²) in [5.41, 5.74) is 0.191. The van der Waals surface area contributed by atoms with E-state index >= 15 is 0 Å². The first-order valence-corrected chi connectivity index (χ1v) is 9.76. The first kappa shape index (κ1) is 20.2. The Bertz CT molecular complexity index is 959. The Kier molecular flexibility index (Phi) is 6.35. The van der Waals surface area contributed by atoms with Gasteiger partial charge in [0.15, 0.2) is 9.84 Å². The Morgan fingerprint density at radius 1 is 1.19 bits per heavy atom. The van der Waals surface area contributed by atoms with Crippen LogP contribution in [-0.2, 0) is 9.84 Å². The Morgan fingerprint density at radius 2 is 1.89 bits per heavy atom. The summed E-state index contributed by atoms with van der Waals surface area (Å²) in [6, 6.07) is 10.4. The zero-order chi connectivity index (χ0) is 20.0. The van der Waals surface area contributed by atoms with E-state index in [1.807, 2.05) is 0 Å². The van der Waals surface area contributed by atoms with Crippen molar-refractivity contribution in [1.29, 1.82) is 0 Å². The molecule has 0 aliphatic heterocycles. The molecule has 2 aromatic rings. The number of amides is 1. The van der Waals surface area contributed by atoms with E-state index in [2.05, 4.69) is 10.6 Å². The SMILES string of the molecule is COc1ccccc1C(=O)NCCNc1ccc(S(C)(=O)=O)cc1[N+](=O)[O-]. The van der Waals surface area contributed by atoms with Crippen molar-refractivity contribution >= 4 is 27.1 Å². The summed E-state index contributed by atoms with van der Waals surface area (Å²) in [6.07, 6.45) is 0.979. The quantitative estimate of drug-likeness (QED) is 0.398. The molecule has 0 aromatic heterocycles. The highest BCUT2D eigenvalue weighted by Crippen LogP contribution is 2.27. The van der Waals surface area contributed by atoms with Crippen molar-refractivity contribution in [3.05, 3.63) is 58.1 Å². The number of nitrogens with zero attached hydrogens (tertiary/aromatic N) is 1. The second-order valence-electron chi connectivity index (χ2n) is 5.59. The molecule has 0 saturated carbocycles. The number of ether oxygens (including phenoxy) is 1. The van der Waals surface area contributed by atoms with Crippen molar-refractivity contribution in [1.82, 2.24) is 5.32 Å². The predicted molar refractivity (Wildman–Crippen MR) is 100 cm³/mol.